The molecule has 0 unspecified atom stereocenters. The molecule has 0 aliphatic heterocycles. The van der Waals surface area contributed by atoms with Crippen LogP contribution in [0.2, 0.25) is 0 Å². The number of carbonyl (C=O) groups excluding carboxylic acids is 2. The largest absolute Gasteiger partial charge is 0.391 e. The Bertz CT molecular complexity index is 1320. The van der Waals surface area contributed by atoms with Crippen molar-refractivity contribution in [1.82, 2.24) is 10.6 Å². The van der Waals surface area contributed by atoms with Crippen molar-refractivity contribution >= 4 is 11.8 Å². The maximum absolute atomic E-state index is 14.1. The normalized spacial score (nSPS) is 12.8. The van der Waals surface area contributed by atoms with Crippen LogP contribution in [0.5, 0.6) is 0 Å². The number of rotatable bonds is 13. The van der Waals surface area contributed by atoms with Gasteiger partial charge in [0.1, 0.15) is 11.6 Å². The number of hydrogen-bond acceptors (Lipinski definition) is 4. The van der Waals surface area contributed by atoms with Crippen LogP contribution < -0.4 is 16.4 Å². The topological polar surface area (TPSA) is 104 Å². The van der Waals surface area contributed by atoms with Gasteiger partial charge < -0.3 is 21.5 Å². The lowest BCUT2D eigenvalue weighted by Crippen LogP contribution is -2.36. The summed E-state index contributed by atoms with van der Waals surface area (Å²) in [4.78, 5) is 26.0. The number of amides is 2. The monoisotopic (exact) mass is 551 g/mol. The van der Waals surface area contributed by atoms with Crippen molar-refractivity contribution in [2.45, 2.75) is 59.1 Å². The van der Waals surface area contributed by atoms with Crippen LogP contribution >= 0.6 is 0 Å². The van der Waals surface area contributed by atoms with Gasteiger partial charge in [-0.15, -0.1) is 0 Å². The number of aryl methyl sites for hydroxylation is 2. The molecule has 3 aromatic rings. The summed E-state index contributed by atoms with van der Waals surface area (Å²) in [5.74, 6) is -3.39. The minimum atomic E-state index is -1.13. The first kappa shape index (κ1) is 30.9. The number of carbonyl (C=O) groups is 2. The highest BCUT2D eigenvalue weighted by atomic mass is 19.1. The number of aliphatic hydroxyl groups is 1. The smallest absolute Gasteiger partial charge is 0.251 e. The number of halogens is 2. The van der Waals surface area contributed by atoms with Gasteiger partial charge in [-0.05, 0) is 77.8 Å². The van der Waals surface area contributed by atoms with Crippen molar-refractivity contribution in [3.63, 3.8) is 0 Å². The van der Waals surface area contributed by atoms with Crippen molar-refractivity contribution in [2.75, 3.05) is 13.1 Å². The highest BCUT2D eigenvalue weighted by Gasteiger charge is 2.31. The fourth-order valence-corrected chi connectivity index (χ4v) is 4.86. The van der Waals surface area contributed by atoms with Gasteiger partial charge in [0.05, 0.1) is 6.10 Å². The molecule has 3 aromatic carbocycles. The molecule has 8 heteroatoms. The van der Waals surface area contributed by atoms with Gasteiger partial charge in [0.25, 0.3) is 5.91 Å². The van der Waals surface area contributed by atoms with Gasteiger partial charge in [0, 0.05) is 42.7 Å². The van der Waals surface area contributed by atoms with Crippen LogP contribution in [0, 0.1) is 24.5 Å². The van der Waals surface area contributed by atoms with E-state index in [0.29, 0.717) is 18.7 Å². The van der Waals surface area contributed by atoms with Gasteiger partial charge in [0.15, 0.2) is 0 Å². The van der Waals surface area contributed by atoms with E-state index in [4.69, 9.17) is 5.73 Å². The molecule has 0 saturated heterocycles. The van der Waals surface area contributed by atoms with E-state index in [1.54, 1.807) is 19.1 Å². The number of primary amides is 1. The quantitative estimate of drug-likeness (QED) is 0.245. The first-order valence-electron chi connectivity index (χ1n) is 13.6. The summed E-state index contributed by atoms with van der Waals surface area (Å²) >= 11 is 0. The molecule has 0 aliphatic rings. The molecule has 214 valence electrons. The van der Waals surface area contributed by atoms with Gasteiger partial charge >= 0.3 is 0 Å². The van der Waals surface area contributed by atoms with Crippen LogP contribution in [0.25, 0.3) is 0 Å². The molecule has 0 bridgehead atoms. The molecule has 2 amide bonds. The van der Waals surface area contributed by atoms with E-state index in [9.17, 15) is 23.5 Å². The third-order valence-corrected chi connectivity index (χ3v) is 6.80. The lowest BCUT2D eigenvalue weighted by Gasteiger charge is -2.28. The maximum atomic E-state index is 14.1. The first-order valence-corrected chi connectivity index (χ1v) is 13.6. The fourth-order valence-electron chi connectivity index (χ4n) is 4.86. The molecule has 0 saturated carbocycles. The van der Waals surface area contributed by atoms with Gasteiger partial charge in [-0.3, -0.25) is 9.59 Å². The Hall–Kier alpha value is -3.62. The van der Waals surface area contributed by atoms with Crippen LogP contribution in [-0.4, -0.2) is 36.1 Å². The molecule has 5 N–H and O–H groups in total. The van der Waals surface area contributed by atoms with Gasteiger partial charge in [0.2, 0.25) is 5.91 Å². The van der Waals surface area contributed by atoms with Crippen LogP contribution in [-0.2, 0) is 19.4 Å². The minimum Gasteiger partial charge on any atom is -0.391 e. The second-order valence-electron chi connectivity index (χ2n) is 10.7. The molecule has 0 heterocycles. The van der Waals surface area contributed by atoms with E-state index in [0.717, 1.165) is 18.1 Å². The summed E-state index contributed by atoms with van der Waals surface area (Å²) in [5.41, 5.74) is 9.47. The van der Waals surface area contributed by atoms with Crippen molar-refractivity contribution in [1.29, 1.82) is 0 Å². The highest BCUT2D eigenvalue weighted by molar-refractivity contribution is 6.02. The SMILES string of the molecule is CCc1cccc(CNC[C@H](O)[C@@H](Cc2cc(F)cc(F)c2)c2c(C(N)=O)cc(C)cc2C(=O)NCC(C)C)c1. The molecular weight excluding hydrogens is 512 g/mol. The molecule has 0 aliphatic carbocycles. The Labute approximate surface area is 235 Å². The third kappa shape index (κ3) is 8.44. The fraction of sp³-hybridized carbons (Fsp3) is 0.375. The highest BCUT2D eigenvalue weighted by Crippen LogP contribution is 2.32. The third-order valence-electron chi connectivity index (χ3n) is 6.80. The summed E-state index contributed by atoms with van der Waals surface area (Å²) in [7, 11) is 0. The van der Waals surface area contributed by atoms with Gasteiger partial charge in [-0.1, -0.05) is 45.0 Å². The second kappa shape index (κ2) is 14.1. The zero-order valence-corrected chi connectivity index (χ0v) is 23.6. The van der Waals surface area contributed by atoms with Crippen LogP contribution in [0.4, 0.5) is 8.78 Å². The molecule has 0 aromatic heterocycles. The standard InChI is InChI=1S/C32H39F2N3O3/c1-5-21-7-6-8-22(11-21)17-36-18-29(38)26(14-23-12-24(33)15-25(34)13-23)30-27(31(35)39)9-20(4)10-28(30)32(40)37-16-19(2)3/h6-13,15,19,26,29,36,38H,5,14,16-18H2,1-4H3,(H2,35,39)(H,37,40)/t26-,29+/m1/s1. The summed E-state index contributed by atoms with van der Waals surface area (Å²) < 4.78 is 28.3. The van der Waals surface area contributed by atoms with E-state index >= 15 is 0 Å². The number of aliphatic hydroxyl groups excluding tert-OH is 1. The summed E-state index contributed by atoms with van der Waals surface area (Å²) in [6.45, 7) is 8.71. The summed E-state index contributed by atoms with van der Waals surface area (Å²) in [6.07, 6.45) is -0.261. The van der Waals surface area contributed by atoms with E-state index in [1.165, 1.54) is 17.7 Å². The Kier molecular flexibility index (Phi) is 10.9. The van der Waals surface area contributed by atoms with Crippen LogP contribution in [0.1, 0.15) is 75.2 Å². The summed E-state index contributed by atoms with van der Waals surface area (Å²) in [6, 6.07) is 14.4. The van der Waals surface area contributed by atoms with E-state index in [-0.39, 0.29) is 41.1 Å². The van der Waals surface area contributed by atoms with Gasteiger partial charge in [-0.2, -0.15) is 0 Å². The Morgan fingerprint density at radius 2 is 1.57 bits per heavy atom. The minimum absolute atomic E-state index is 0.0311. The van der Waals surface area contributed by atoms with Crippen LogP contribution in [0.15, 0.2) is 54.6 Å². The lowest BCUT2D eigenvalue weighted by atomic mass is 9.80. The molecule has 3 rings (SSSR count). The van der Waals surface area contributed by atoms with Gasteiger partial charge in [-0.25, -0.2) is 8.78 Å². The van der Waals surface area contributed by atoms with Crippen molar-refractivity contribution in [3.8, 4) is 0 Å². The number of nitrogens with one attached hydrogen (secondary N) is 2. The second-order valence-corrected chi connectivity index (χ2v) is 10.7. The number of hydrogen-bond donors (Lipinski definition) is 4. The zero-order chi connectivity index (χ0) is 29.4. The predicted octanol–water partition coefficient (Wildman–Crippen LogP) is 4.80. The average Bonchev–Trinajstić information content (AvgIpc) is 2.89. The molecular formula is C32H39F2N3O3. The molecule has 6 nitrogen and oxygen atoms in total. The molecule has 0 radical (unpaired) electrons. The first-order chi connectivity index (χ1) is 19.0. The maximum Gasteiger partial charge on any atom is 0.251 e. The van der Waals surface area contributed by atoms with Crippen molar-refractivity contribution in [3.05, 3.63) is 105 Å². The lowest BCUT2D eigenvalue weighted by molar-refractivity contribution is 0.0944. The average molecular weight is 552 g/mol. The Morgan fingerprint density at radius 3 is 2.20 bits per heavy atom. The van der Waals surface area contributed by atoms with E-state index in [1.807, 2.05) is 32.0 Å². The van der Waals surface area contributed by atoms with E-state index in [2.05, 4.69) is 23.6 Å². The summed E-state index contributed by atoms with van der Waals surface area (Å²) in [5, 5.41) is 17.6. The number of nitrogens with two attached hydrogens (primary N) is 1. The molecule has 2 atom stereocenters. The zero-order valence-electron chi connectivity index (χ0n) is 23.6. The van der Waals surface area contributed by atoms with Crippen molar-refractivity contribution < 1.29 is 23.5 Å². The molecule has 40 heavy (non-hydrogen) atoms. The number of benzene rings is 3. The Balaban J connectivity index is 2.04. The predicted molar refractivity (Wildman–Crippen MR) is 153 cm³/mol. The Morgan fingerprint density at radius 1 is 0.925 bits per heavy atom. The van der Waals surface area contributed by atoms with Crippen molar-refractivity contribution in [2.24, 2.45) is 11.7 Å². The molecule has 0 spiro atoms. The van der Waals surface area contributed by atoms with E-state index < -0.39 is 35.5 Å². The van der Waals surface area contributed by atoms with Crippen LogP contribution in [0.3, 0.4) is 0 Å². The molecule has 0 fully saturated rings.